The van der Waals surface area contributed by atoms with E-state index in [4.69, 9.17) is 5.73 Å². The van der Waals surface area contributed by atoms with Gasteiger partial charge in [-0.1, -0.05) is 20.8 Å². The van der Waals surface area contributed by atoms with Gasteiger partial charge >= 0.3 is 0 Å². The van der Waals surface area contributed by atoms with Crippen LogP contribution < -0.4 is 5.73 Å². The molecule has 0 aliphatic heterocycles. The molecule has 1 fully saturated rings. The zero-order valence-corrected chi connectivity index (χ0v) is 11.8. The Bertz CT molecular complexity index is 253. The van der Waals surface area contributed by atoms with E-state index in [0.717, 1.165) is 31.6 Å². The highest BCUT2D eigenvalue weighted by Gasteiger charge is 2.35. The number of likely N-dealkylation sites (N-methyl/N-ethyl adjacent to an activating group) is 1. The molecule has 0 aromatic carbocycles. The Morgan fingerprint density at radius 3 is 2.12 bits per heavy atom. The molecule has 0 aromatic heterocycles. The van der Waals surface area contributed by atoms with Gasteiger partial charge < -0.3 is 10.6 Å². The largest absolute Gasteiger partial charge is 0.341 e. The lowest BCUT2D eigenvalue weighted by Crippen LogP contribution is -2.56. The van der Waals surface area contributed by atoms with Gasteiger partial charge in [-0.25, -0.2) is 0 Å². The Morgan fingerprint density at radius 1 is 1.24 bits per heavy atom. The summed E-state index contributed by atoms with van der Waals surface area (Å²) in [7, 11) is 1.93. The van der Waals surface area contributed by atoms with Crippen LogP contribution in [0.3, 0.4) is 0 Å². The minimum atomic E-state index is -0.655. The molecule has 3 nitrogen and oxygen atoms in total. The van der Waals surface area contributed by atoms with Crippen molar-refractivity contribution in [2.24, 2.45) is 11.7 Å². The normalized spacial score (nSPS) is 25.7. The number of carbonyl (C=O) groups excluding carboxylic acids is 1. The summed E-state index contributed by atoms with van der Waals surface area (Å²) in [4.78, 5) is 14.3. The van der Waals surface area contributed by atoms with E-state index in [1.807, 2.05) is 25.8 Å². The van der Waals surface area contributed by atoms with Crippen LogP contribution >= 0.6 is 0 Å². The van der Waals surface area contributed by atoms with Gasteiger partial charge in [-0.2, -0.15) is 0 Å². The lowest BCUT2D eigenvalue weighted by Gasteiger charge is -2.38. The molecule has 0 atom stereocenters. The van der Waals surface area contributed by atoms with Crippen molar-refractivity contribution in [3.05, 3.63) is 0 Å². The average Bonchev–Trinajstić information content (AvgIpc) is 2.37. The minimum absolute atomic E-state index is 0.127. The maximum absolute atomic E-state index is 12.4. The van der Waals surface area contributed by atoms with E-state index in [1.54, 1.807) is 0 Å². The van der Waals surface area contributed by atoms with E-state index >= 15 is 0 Å². The average molecular weight is 240 g/mol. The number of nitrogens with two attached hydrogens (primary N) is 1. The van der Waals surface area contributed by atoms with Crippen LogP contribution in [-0.2, 0) is 4.79 Å². The summed E-state index contributed by atoms with van der Waals surface area (Å²) < 4.78 is 0. The number of carbonyl (C=O) groups is 1. The summed E-state index contributed by atoms with van der Waals surface area (Å²) in [6.45, 7) is 6.29. The van der Waals surface area contributed by atoms with Crippen LogP contribution in [0.5, 0.6) is 0 Å². The van der Waals surface area contributed by atoms with Crippen molar-refractivity contribution < 1.29 is 4.79 Å². The molecule has 0 unspecified atom stereocenters. The lowest BCUT2D eigenvalue weighted by atomic mass is 9.85. The Labute approximate surface area is 106 Å². The lowest BCUT2D eigenvalue weighted by molar-refractivity contribution is -0.138. The first-order chi connectivity index (χ1) is 7.94. The topological polar surface area (TPSA) is 46.3 Å². The summed E-state index contributed by atoms with van der Waals surface area (Å²) in [6.07, 6.45) is 6.17. The Morgan fingerprint density at radius 2 is 1.71 bits per heavy atom. The summed E-state index contributed by atoms with van der Waals surface area (Å²) >= 11 is 0. The Balaban J connectivity index is 2.63. The van der Waals surface area contributed by atoms with Gasteiger partial charge in [0.05, 0.1) is 5.54 Å². The molecule has 1 rings (SSSR count). The van der Waals surface area contributed by atoms with Crippen molar-refractivity contribution in [1.82, 2.24) is 4.90 Å². The fourth-order valence-corrected chi connectivity index (χ4v) is 2.70. The number of rotatable bonds is 4. The van der Waals surface area contributed by atoms with Crippen molar-refractivity contribution in [2.75, 3.05) is 7.05 Å². The minimum Gasteiger partial charge on any atom is -0.341 e. The smallest absolute Gasteiger partial charge is 0.242 e. The molecule has 17 heavy (non-hydrogen) atoms. The van der Waals surface area contributed by atoms with Crippen LogP contribution in [0.1, 0.15) is 59.3 Å². The standard InChI is InChI=1S/C14H28N2O/c1-5-14(15,6-2)13(17)16(4)12-9-7-11(3)8-10-12/h11-12H,5-10,15H2,1-4H3. The third-order valence-electron chi connectivity index (χ3n) is 4.54. The third-order valence-corrected chi connectivity index (χ3v) is 4.54. The number of amides is 1. The first kappa shape index (κ1) is 14.5. The molecule has 0 heterocycles. The highest BCUT2D eigenvalue weighted by molar-refractivity contribution is 5.86. The van der Waals surface area contributed by atoms with Gasteiger partial charge in [0.15, 0.2) is 0 Å². The molecule has 1 amide bonds. The van der Waals surface area contributed by atoms with Crippen molar-refractivity contribution >= 4 is 5.91 Å². The third kappa shape index (κ3) is 3.21. The monoisotopic (exact) mass is 240 g/mol. The highest BCUT2D eigenvalue weighted by atomic mass is 16.2. The number of nitrogens with zero attached hydrogens (tertiary/aromatic N) is 1. The van der Waals surface area contributed by atoms with E-state index in [0.29, 0.717) is 6.04 Å². The Hall–Kier alpha value is -0.570. The number of hydrogen-bond donors (Lipinski definition) is 1. The van der Waals surface area contributed by atoms with Crippen LogP contribution in [0.15, 0.2) is 0 Å². The zero-order chi connectivity index (χ0) is 13.1. The molecular formula is C14H28N2O. The first-order valence-electron chi connectivity index (χ1n) is 7.00. The van der Waals surface area contributed by atoms with Gasteiger partial charge in [0.25, 0.3) is 0 Å². The van der Waals surface area contributed by atoms with Crippen molar-refractivity contribution in [1.29, 1.82) is 0 Å². The van der Waals surface area contributed by atoms with E-state index in [2.05, 4.69) is 6.92 Å². The zero-order valence-electron chi connectivity index (χ0n) is 11.8. The van der Waals surface area contributed by atoms with Crippen LogP contribution in [0.25, 0.3) is 0 Å². The van der Waals surface area contributed by atoms with E-state index in [9.17, 15) is 4.79 Å². The molecule has 0 aromatic rings. The molecule has 0 radical (unpaired) electrons. The maximum Gasteiger partial charge on any atom is 0.242 e. The predicted molar refractivity (Wildman–Crippen MR) is 71.7 cm³/mol. The summed E-state index contributed by atoms with van der Waals surface area (Å²) in [5, 5.41) is 0. The van der Waals surface area contributed by atoms with E-state index in [-0.39, 0.29) is 5.91 Å². The van der Waals surface area contributed by atoms with Gasteiger partial charge in [0.1, 0.15) is 0 Å². The molecule has 3 heteroatoms. The van der Waals surface area contributed by atoms with Crippen molar-refractivity contribution in [3.8, 4) is 0 Å². The first-order valence-corrected chi connectivity index (χ1v) is 7.00. The van der Waals surface area contributed by atoms with Crippen LogP contribution in [-0.4, -0.2) is 29.4 Å². The quantitative estimate of drug-likeness (QED) is 0.821. The second kappa shape index (κ2) is 5.85. The fourth-order valence-electron chi connectivity index (χ4n) is 2.70. The van der Waals surface area contributed by atoms with Gasteiger partial charge in [0, 0.05) is 13.1 Å². The molecule has 1 aliphatic carbocycles. The van der Waals surface area contributed by atoms with Gasteiger partial charge in [-0.15, -0.1) is 0 Å². The van der Waals surface area contributed by atoms with Gasteiger partial charge in [-0.3, -0.25) is 4.79 Å². The van der Waals surface area contributed by atoms with E-state index < -0.39 is 5.54 Å². The Kier molecular flexibility index (Phi) is 4.99. The summed E-state index contributed by atoms with van der Waals surface area (Å²) in [6, 6.07) is 0.403. The van der Waals surface area contributed by atoms with Crippen molar-refractivity contribution in [2.45, 2.75) is 70.9 Å². The van der Waals surface area contributed by atoms with Crippen LogP contribution in [0.2, 0.25) is 0 Å². The fraction of sp³-hybridized carbons (Fsp3) is 0.929. The molecule has 100 valence electrons. The van der Waals surface area contributed by atoms with Crippen LogP contribution in [0.4, 0.5) is 0 Å². The van der Waals surface area contributed by atoms with Crippen molar-refractivity contribution in [3.63, 3.8) is 0 Å². The highest BCUT2D eigenvalue weighted by Crippen LogP contribution is 2.28. The summed E-state index contributed by atoms with van der Waals surface area (Å²) in [5.74, 6) is 0.941. The summed E-state index contributed by atoms with van der Waals surface area (Å²) in [5.41, 5.74) is 5.53. The predicted octanol–water partition coefficient (Wildman–Crippen LogP) is 2.54. The molecule has 1 aliphatic rings. The number of hydrogen-bond acceptors (Lipinski definition) is 2. The maximum atomic E-state index is 12.4. The van der Waals surface area contributed by atoms with E-state index in [1.165, 1.54) is 12.8 Å². The molecule has 0 spiro atoms. The molecule has 0 bridgehead atoms. The van der Waals surface area contributed by atoms with Gasteiger partial charge in [0.2, 0.25) is 5.91 Å². The molecule has 2 N–H and O–H groups in total. The molecular weight excluding hydrogens is 212 g/mol. The van der Waals surface area contributed by atoms with Gasteiger partial charge in [-0.05, 0) is 44.4 Å². The second-order valence-corrected chi connectivity index (χ2v) is 5.69. The molecule has 1 saturated carbocycles. The second-order valence-electron chi connectivity index (χ2n) is 5.69. The molecule has 0 saturated heterocycles. The SMILES string of the molecule is CCC(N)(CC)C(=O)N(C)C1CCC(C)CC1. The van der Waals surface area contributed by atoms with Crippen LogP contribution in [0, 0.1) is 5.92 Å².